The molecule has 9 heteroatoms. The smallest absolute Gasteiger partial charge is 0.242 e. The highest BCUT2D eigenvalue weighted by atomic mass is 32.2. The van der Waals surface area contributed by atoms with Gasteiger partial charge >= 0.3 is 0 Å². The molecular formula is C20H30N4O4S. The van der Waals surface area contributed by atoms with E-state index in [1.54, 1.807) is 0 Å². The van der Waals surface area contributed by atoms with E-state index >= 15 is 0 Å². The van der Waals surface area contributed by atoms with Gasteiger partial charge in [0, 0.05) is 26.2 Å². The van der Waals surface area contributed by atoms with Crippen LogP contribution in [0, 0.1) is 5.41 Å². The maximum Gasteiger partial charge on any atom is 0.242 e. The summed E-state index contributed by atoms with van der Waals surface area (Å²) in [6.07, 6.45) is 2.76. The van der Waals surface area contributed by atoms with E-state index in [2.05, 4.69) is 27.7 Å². The molecule has 1 spiro atoms. The summed E-state index contributed by atoms with van der Waals surface area (Å²) in [4.78, 5) is 27.1. The summed E-state index contributed by atoms with van der Waals surface area (Å²) >= 11 is 0. The van der Waals surface area contributed by atoms with E-state index in [0.29, 0.717) is 25.9 Å². The first-order valence-electron chi connectivity index (χ1n) is 9.96. The highest BCUT2D eigenvalue weighted by Gasteiger charge is 2.53. The van der Waals surface area contributed by atoms with Crippen LogP contribution in [0.5, 0.6) is 0 Å². The van der Waals surface area contributed by atoms with Crippen molar-refractivity contribution in [3.8, 4) is 0 Å². The van der Waals surface area contributed by atoms with E-state index in [0.717, 1.165) is 25.8 Å². The van der Waals surface area contributed by atoms with Crippen molar-refractivity contribution in [1.82, 2.24) is 19.8 Å². The van der Waals surface area contributed by atoms with Gasteiger partial charge in [-0.1, -0.05) is 30.3 Å². The van der Waals surface area contributed by atoms with Crippen LogP contribution in [0.3, 0.4) is 0 Å². The molecule has 2 N–H and O–H groups in total. The maximum absolute atomic E-state index is 12.5. The van der Waals surface area contributed by atoms with Crippen LogP contribution in [0.15, 0.2) is 30.3 Å². The molecule has 2 fully saturated rings. The molecule has 0 radical (unpaired) electrons. The first-order chi connectivity index (χ1) is 13.7. The highest BCUT2D eigenvalue weighted by molar-refractivity contribution is 7.88. The van der Waals surface area contributed by atoms with Gasteiger partial charge in [-0.15, -0.1) is 0 Å². The zero-order valence-corrected chi connectivity index (χ0v) is 17.9. The van der Waals surface area contributed by atoms with Crippen molar-refractivity contribution in [3.63, 3.8) is 0 Å². The van der Waals surface area contributed by atoms with E-state index in [-0.39, 0.29) is 18.4 Å². The standard InChI is InChI=1S/C20H30N4O4S/c1-23(14-16-7-4-3-5-8-16)11-6-10-21-18(25)17-13-20(19(26)22-17)9-12-24(15-20)29(2,27)28/h3-5,7-8,17H,6,9-15H2,1-2H3,(H,21,25)(H,22,26)/t17-,20-/m0/s1. The summed E-state index contributed by atoms with van der Waals surface area (Å²) in [6.45, 7) is 2.72. The van der Waals surface area contributed by atoms with Gasteiger partial charge in [0.25, 0.3) is 0 Å². The Bertz CT molecular complexity index is 845. The van der Waals surface area contributed by atoms with Gasteiger partial charge in [0.1, 0.15) is 6.04 Å². The van der Waals surface area contributed by atoms with Crippen LogP contribution < -0.4 is 10.6 Å². The Balaban J connectivity index is 1.41. The lowest BCUT2D eigenvalue weighted by atomic mass is 9.84. The Hall–Kier alpha value is -1.97. The predicted octanol–water partition coefficient (Wildman–Crippen LogP) is 0.165. The van der Waals surface area contributed by atoms with Gasteiger partial charge in [-0.05, 0) is 38.4 Å². The molecule has 8 nitrogen and oxygen atoms in total. The van der Waals surface area contributed by atoms with Crippen LogP contribution in [0.25, 0.3) is 0 Å². The molecule has 0 saturated carbocycles. The molecule has 1 aromatic carbocycles. The van der Waals surface area contributed by atoms with Crippen molar-refractivity contribution in [2.24, 2.45) is 5.41 Å². The third kappa shape index (κ3) is 5.34. The lowest BCUT2D eigenvalue weighted by Gasteiger charge is -2.20. The zero-order chi connectivity index (χ0) is 21.1. The molecule has 160 valence electrons. The van der Waals surface area contributed by atoms with Crippen LogP contribution in [0.1, 0.15) is 24.8 Å². The fraction of sp³-hybridized carbons (Fsp3) is 0.600. The number of amides is 2. The van der Waals surface area contributed by atoms with Gasteiger partial charge < -0.3 is 15.5 Å². The van der Waals surface area contributed by atoms with Crippen molar-refractivity contribution in [3.05, 3.63) is 35.9 Å². The normalized spacial score (nSPS) is 24.9. The quantitative estimate of drug-likeness (QED) is 0.582. The lowest BCUT2D eigenvalue weighted by Crippen LogP contribution is -2.42. The second kappa shape index (κ2) is 8.81. The molecule has 0 bridgehead atoms. The van der Waals surface area contributed by atoms with Gasteiger partial charge in [-0.2, -0.15) is 0 Å². The SMILES string of the molecule is CN(CCCNC(=O)[C@@H]1C[C@]2(CCN(S(C)(=O)=O)C2)C(=O)N1)Cc1ccccc1. The molecule has 2 amide bonds. The van der Waals surface area contributed by atoms with E-state index in [4.69, 9.17) is 0 Å². The van der Waals surface area contributed by atoms with Crippen molar-refractivity contribution in [2.75, 3.05) is 39.5 Å². The van der Waals surface area contributed by atoms with Gasteiger partial charge in [-0.3, -0.25) is 9.59 Å². The van der Waals surface area contributed by atoms with Crippen LogP contribution in [0.4, 0.5) is 0 Å². The molecule has 2 saturated heterocycles. The molecule has 3 rings (SSSR count). The molecule has 2 aliphatic rings. The van der Waals surface area contributed by atoms with E-state index in [9.17, 15) is 18.0 Å². The third-order valence-corrected chi connectivity index (χ3v) is 7.05. The van der Waals surface area contributed by atoms with Gasteiger partial charge in [0.2, 0.25) is 21.8 Å². The average molecular weight is 423 g/mol. The summed E-state index contributed by atoms with van der Waals surface area (Å²) in [6, 6.07) is 9.62. The first-order valence-corrected chi connectivity index (χ1v) is 11.8. The molecule has 0 aliphatic carbocycles. The fourth-order valence-electron chi connectivity index (χ4n) is 4.13. The third-order valence-electron chi connectivity index (χ3n) is 5.80. The summed E-state index contributed by atoms with van der Waals surface area (Å²) in [5, 5.41) is 5.66. The summed E-state index contributed by atoms with van der Waals surface area (Å²) in [5.41, 5.74) is 0.471. The molecule has 2 heterocycles. The van der Waals surface area contributed by atoms with Gasteiger partial charge in [0.05, 0.1) is 11.7 Å². The number of hydrogen-bond acceptors (Lipinski definition) is 5. The van der Waals surface area contributed by atoms with Crippen molar-refractivity contribution in [2.45, 2.75) is 31.8 Å². The van der Waals surface area contributed by atoms with Crippen LogP contribution in [-0.2, 0) is 26.2 Å². The largest absolute Gasteiger partial charge is 0.354 e. The topological polar surface area (TPSA) is 98.8 Å². The molecule has 2 aliphatic heterocycles. The number of sulfonamides is 1. The highest BCUT2D eigenvalue weighted by Crippen LogP contribution is 2.40. The minimum absolute atomic E-state index is 0.158. The number of benzene rings is 1. The van der Waals surface area contributed by atoms with Gasteiger partial charge in [-0.25, -0.2) is 12.7 Å². The number of nitrogens with one attached hydrogen (secondary N) is 2. The number of rotatable bonds is 8. The van der Waals surface area contributed by atoms with E-state index < -0.39 is 21.5 Å². The summed E-state index contributed by atoms with van der Waals surface area (Å²) < 4.78 is 24.8. The minimum atomic E-state index is -3.33. The summed E-state index contributed by atoms with van der Waals surface area (Å²) in [7, 11) is -1.28. The zero-order valence-electron chi connectivity index (χ0n) is 17.1. The molecule has 0 unspecified atom stereocenters. The Morgan fingerprint density at radius 3 is 2.72 bits per heavy atom. The second-order valence-electron chi connectivity index (χ2n) is 8.23. The summed E-state index contributed by atoms with van der Waals surface area (Å²) in [5.74, 6) is -0.412. The Kier molecular flexibility index (Phi) is 6.60. The number of carbonyl (C=O) groups excluding carboxylic acids is 2. The molecule has 29 heavy (non-hydrogen) atoms. The number of hydrogen-bond donors (Lipinski definition) is 2. The first kappa shape index (κ1) is 21.7. The molecular weight excluding hydrogens is 392 g/mol. The average Bonchev–Trinajstić information content (AvgIpc) is 3.24. The minimum Gasteiger partial charge on any atom is -0.354 e. The van der Waals surface area contributed by atoms with Crippen molar-refractivity contribution in [1.29, 1.82) is 0 Å². The molecule has 0 aromatic heterocycles. The number of nitrogens with zero attached hydrogens (tertiary/aromatic N) is 2. The van der Waals surface area contributed by atoms with Crippen molar-refractivity contribution < 1.29 is 18.0 Å². The Morgan fingerprint density at radius 1 is 1.34 bits per heavy atom. The number of carbonyl (C=O) groups is 2. The lowest BCUT2D eigenvalue weighted by molar-refractivity contribution is -0.128. The van der Waals surface area contributed by atoms with Crippen LogP contribution >= 0.6 is 0 Å². The van der Waals surface area contributed by atoms with Gasteiger partial charge in [0.15, 0.2) is 0 Å². The Labute approximate surface area is 172 Å². The maximum atomic E-state index is 12.5. The van der Waals surface area contributed by atoms with E-state index in [1.165, 1.54) is 9.87 Å². The molecule has 2 atom stereocenters. The fourth-order valence-corrected chi connectivity index (χ4v) is 5.04. The Morgan fingerprint density at radius 2 is 2.07 bits per heavy atom. The second-order valence-corrected chi connectivity index (χ2v) is 10.2. The van der Waals surface area contributed by atoms with Crippen molar-refractivity contribution >= 4 is 21.8 Å². The van der Waals surface area contributed by atoms with E-state index in [1.807, 2.05) is 25.2 Å². The van der Waals surface area contributed by atoms with Crippen LogP contribution in [-0.4, -0.2) is 75.0 Å². The monoisotopic (exact) mass is 422 g/mol. The molecule has 1 aromatic rings. The predicted molar refractivity (Wildman–Crippen MR) is 110 cm³/mol. The van der Waals surface area contributed by atoms with Crippen LogP contribution in [0.2, 0.25) is 0 Å².